The van der Waals surface area contributed by atoms with Gasteiger partial charge in [0, 0.05) is 30.4 Å². The van der Waals surface area contributed by atoms with Crippen LogP contribution in [0.15, 0.2) is 77.7 Å². The molecule has 1 amide bonds. The van der Waals surface area contributed by atoms with Gasteiger partial charge in [0.1, 0.15) is 18.2 Å². The molecule has 1 saturated heterocycles. The molecule has 0 saturated carbocycles. The molecule has 0 bridgehead atoms. The number of anilines is 1. The van der Waals surface area contributed by atoms with Gasteiger partial charge in [0.15, 0.2) is 0 Å². The molecule has 166 valence electrons. The predicted octanol–water partition coefficient (Wildman–Crippen LogP) is 4.44. The minimum absolute atomic E-state index is 0.115. The second-order valence-corrected chi connectivity index (χ2v) is 9.48. The summed E-state index contributed by atoms with van der Waals surface area (Å²) in [4.78, 5) is 12.9. The first-order valence-corrected chi connectivity index (χ1v) is 11.7. The fraction of sp³-hybridized carbons (Fsp3) is 0.208. The summed E-state index contributed by atoms with van der Waals surface area (Å²) in [6.45, 7) is 1.21. The Morgan fingerprint density at radius 2 is 1.72 bits per heavy atom. The number of nitrogens with zero attached hydrogens (tertiary/aromatic N) is 1. The normalized spacial score (nSPS) is 14.3. The highest BCUT2D eigenvalue weighted by Crippen LogP contribution is 2.22. The Kier molecular flexibility index (Phi) is 6.53. The van der Waals surface area contributed by atoms with Crippen LogP contribution in [0.2, 0.25) is 0 Å². The number of carbonyl (C=O) groups excluding carboxylic acids is 1. The zero-order chi connectivity index (χ0) is 22.6. The van der Waals surface area contributed by atoms with E-state index in [2.05, 4.69) is 5.32 Å². The minimum Gasteiger partial charge on any atom is -0.489 e. The fourth-order valence-electron chi connectivity index (χ4n) is 3.54. The molecular formula is C24H23FN2O4S. The Hall–Kier alpha value is -3.23. The van der Waals surface area contributed by atoms with Crippen molar-refractivity contribution in [1.29, 1.82) is 0 Å². The average Bonchev–Trinajstić information content (AvgIpc) is 3.34. The van der Waals surface area contributed by atoms with E-state index in [0.29, 0.717) is 24.5 Å². The highest BCUT2D eigenvalue weighted by molar-refractivity contribution is 7.89. The van der Waals surface area contributed by atoms with Gasteiger partial charge in [0.05, 0.1) is 4.90 Å². The summed E-state index contributed by atoms with van der Waals surface area (Å²) in [7, 11) is -3.60. The van der Waals surface area contributed by atoms with Crippen molar-refractivity contribution in [3.05, 3.63) is 89.7 Å². The van der Waals surface area contributed by atoms with Crippen molar-refractivity contribution in [1.82, 2.24) is 4.31 Å². The monoisotopic (exact) mass is 454 g/mol. The number of hydrogen-bond donors (Lipinski definition) is 1. The standard InChI is InChI=1S/C24H23FN2O4S/c25-20-8-5-10-22(16-20)31-17-18-6-3-9-21(14-18)26-24(28)19-7-4-11-23(15-19)32(29,30)27-12-1-2-13-27/h3-11,14-16H,1-2,12-13,17H2,(H,26,28). The van der Waals surface area contributed by atoms with Crippen LogP contribution in [0.25, 0.3) is 0 Å². The van der Waals surface area contributed by atoms with E-state index in [9.17, 15) is 17.6 Å². The van der Waals surface area contributed by atoms with Gasteiger partial charge in [-0.2, -0.15) is 4.31 Å². The molecule has 3 aromatic rings. The number of benzene rings is 3. The molecule has 3 aromatic carbocycles. The maximum atomic E-state index is 13.3. The van der Waals surface area contributed by atoms with Crippen molar-refractivity contribution in [2.45, 2.75) is 24.3 Å². The van der Waals surface area contributed by atoms with Gasteiger partial charge in [-0.25, -0.2) is 12.8 Å². The van der Waals surface area contributed by atoms with Gasteiger partial charge in [0.25, 0.3) is 5.91 Å². The first kappa shape index (κ1) is 22.0. The molecule has 1 aliphatic heterocycles. The van der Waals surface area contributed by atoms with Gasteiger partial charge in [0.2, 0.25) is 10.0 Å². The number of ether oxygens (including phenoxy) is 1. The zero-order valence-electron chi connectivity index (χ0n) is 17.3. The maximum absolute atomic E-state index is 13.3. The van der Waals surface area contributed by atoms with Crippen LogP contribution in [0.3, 0.4) is 0 Å². The number of halogens is 1. The zero-order valence-corrected chi connectivity index (χ0v) is 18.1. The molecule has 0 atom stereocenters. The number of nitrogens with one attached hydrogen (secondary N) is 1. The van der Waals surface area contributed by atoms with Gasteiger partial charge in [-0.3, -0.25) is 4.79 Å². The minimum atomic E-state index is -3.60. The molecule has 0 aromatic heterocycles. The lowest BCUT2D eigenvalue weighted by molar-refractivity contribution is 0.102. The number of sulfonamides is 1. The SMILES string of the molecule is O=C(Nc1cccc(COc2cccc(F)c2)c1)c1cccc(S(=O)(=O)N2CCCC2)c1. The maximum Gasteiger partial charge on any atom is 0.255 e. The molecule has 8 heteroatoms. The van der Waals surface area contributed by atoms with E-state index < -0.39 is 15.9 Å². The summed E-state index contributed by atoms with van der Waals surface area (Å²) >= 11 is 0. The van der Waals surface area contributed by atoms with Gasteiger partial charge < -0.3 is 10.1 Å². The largest absolute Gasteiger partial charge is 0.489 e. The van der Waals surface area contributed by atoms with Crippen LogP contribution < -0.4 is 10.1 Å². The molecule has 4 rings (SSSR count). The van der Waals surface area contributed by atoms with Gasteiger partial charge in [-0.15, -0.1) is 0 Å². The van der Waals surface area contributed by atoms with E-state index in [1.807, 2.05) is 6.07 Å². The lowest BCUT2D eigenvalue weighted by Gasteiger charge is -2.16. The van der Waals surface area contributed by atoms with Crippen LogP contribution in [0, 0.1) is 5.82 Å². The first-order chi connectivity index (χ1) is 15.4. The Balaban J connectivity index is 1.44. The highest BCUT2D eigenvalue weighted by Gasteiger charge is 2.27. The van der Waals surface area contributed by atoms with Gasteiger partial charge in [-0.1, -0.05) is 24.3 Å². The van der Waals surface area contributed by atoms with Crippen molar-refractivity contribution in [2.24, 2.45) is 0 Å². The smallest absolute Gasteiger partial charge is 0.255 e. The number of rotatable bonds is 7. The van der Waals surface area contributed by atoms with E-state index in [1.54, 1.807) is 42.5 Å². The molecule has 0 spiro atoms. The van der Waals surface area contributed by atoms with E-state index in [-0.39, 0.29) is 22.9 Å². The van der Waals surface area contributed by atoms with E-state index in [1.165, 1.54) is 28.6 Å². The van der Waals surface area contributed by atoms with Crippen LogP contribution in [0.1, 0.15) is 28.8 Å². The van der Waals surface area contributed by atoms with Crippen LogP contribution >= 0.6 is 0 Å². The number of carbonyl (C=O) groups is 1. The van der Waals surface area contributed by atoms with Gasteiger partial charge in [-0.05, 0) is 60.9 Å². The Bertz CT molecular complexity index is 1220. The molecule has 32 heavy (non-hydrogen) atoms. The van der Waals surface area contributed by atoms with Crippen molar-refractivity contribution in [2.75, 3.05) is 18.4 Å². The molecule has 0 unspecified atom stereocenters. The lowest BCUT2D eigenvalue weighted by atomic mass is 10.2. The average molecular weight is 455 g/mol. The molecule has 1 heterocycles. The summed E-state index contributed by atoms with van der Waals surface area (Å²) < 4.78 is 45.9. The molecule has 0 radical (unpaired) electrons. The van der Waals surface area contributed by atoms with E-state index >= 15 is 0 Å². The van der Waals surface area contributed by atoms with Crippen LogP contribution in [-0.2, 0) is 16.6 Å². The number of hydrogen-bond acceptors (Lipinski definition) is 4. The third-order valence-electron chi connectivity index (χ3n) is 5.19. The third kappa shape index (κ3) is 5.15. The third-order valence-corrected chi connectivity index (χ3v) is 7.08. The van der Waals surface area contributed by atoms with Crippen LogP contribution in [-0.4, -0.2) is 31.7 Å². The van der Waals surface area contributed by atoms with Crippen molar-refractivity contribution < 1.29 is 22.3 Å². The Morgan fingerprint density at radius 1 is 0.969 bits per heavy atom. The van der Waals surface area contributed by atoms with Gasteiger partial charge >= 0.3 is 0 Å². The Morgan fingerprint density at radius 3 is 2.50 bits per heavy atom. The van der Waals surface area contributed by atoms with Crippen molar-refractivity contribution in [3.63, 3.8) is 0 Å². The summed E-state index contributed by atoms with van der Waals surface area (Å²) in [5, 5.41) is 2.79. The second kappa shape index (κ2) is 9.50. The molecule has 0 aliphatic carbocycles. The predicted molar refractivity (Wildman–Crippen MR) is 120 cm³/mol. The second-order valence-electron chi connectivity index (χ2n) is 7.54. The summed E-state index contributed by atoms with van der Waals surface area (Å²) in [5.41, 5.74) is 1.59. The quantitative estimate of drug-likeness (QED) is 0.573. The van der Waals surface area contributed by atoms with E-state index in [4.69, 9.17) is 4.74 Å². The number of amides is 1. The molecule has 6 nitrogen and oxygen atoms in total. The summed E-state index contributed by atoms with van der Waals surface area (Å²) in [5.74, 6) is -0.375. The molecule has 1 fully saturated rings. The molecular weight excluding hydrogens is 431 g/mol. The molecule has 1 aliphatic rings. The molecule has 1 N–H and O–H groups in total. The van der Waals surface area contributed by atoms with E-state index in [0.717, 1.165) is 18.4 Å². The summed E-state index contributed by atoms with van der Waals surface area (Å²) in [6.07, 6.45) is 1.69. The Labute approximate surface area is 186 Å². The lowest BCUT2D eigenvalue weighted by Crippen LogP contribution is -2.28. The van der Waals surface area contributed by atoms with Crippen LogP contribution in [0.5, 0.6) is 5.75 Å². The van der Waals surface area contributed by atoms with Crippen molar-refractivity contribution >= 4 is 21.6 Å². The topological polar surface area (TPSA) is 75.7 Å². The van der Waals surface area contributed by atoms with Crippen molar-refractivity contribution in [3.8, 4) is 5.75 Å². The highest BCUT2D eigenvalue weighted by atomic mass is 32.2. The van der Waals surface area contributed by atoms with Crippen LogP contribution in [0.4, 0.5) is 10.1 Å². The summed E-state index contributed by atoms with van der Waals surface area (Å²) in [6, 6.07) is 19.0. The fourth-order valence-corrected chi connectivity index (χ4v) is 5.10. The first-order valence-electron chi connectivity index (χ1n) is 10.3.